The lowest BCUT2D eigenvalue weighted by Crippen LogP contribution is -2.22. The van der Waals surface area contributed by atoms with Crippen LogP contribution in [0, 0.1) is 12.3 Å². The number of amidine groups is 1. The minimum absolute atomic E-state index is 0.226. The third-order valence-electron chi connectivity index (χ3n) is 2.18. The summed E-state index contributed by atoms with van der Waals surface area (Å²) in [7, 11) is 1.98. The lowest BCUT2D eigenvalue weighted by atomic mass is 10.3. The van der Waals surface area contributed by atoms with E-state index in [0.29, 0.717) is 6.61 Å². The molecule has 0 radical (unpaired) electrons. The number of hydrogen-bond donors (Lipinski definition) is 2. The predicted molar refractivity (Wildman–Crippen MR) is 64.7 cm³/mol. The summed E-state index contributed by atoms with van der Waals surface area (Å²) in [5, 5.41) is 6.90. The maximum absolute atomic E-state index is 6.90. The number of nitrogens with two attached hydrogens (primary N) is 1. The zero-order chi connectivity index (χ0) is 12.0. The number of pyridine rings is 1. The number of anilines is 1. The Hall–Kier alpha value is -1.78. The van der Waals surface area contributed by atoms with E-state index < -0.39 is 0 Å². The van der Waals surface area contributed by atoms with Crippen molar-refractivity contribution in [3.63, 3.8) is 0 Å². The second-order valence-corrected chi connectivity index (χ2v) is 3.68. The van der Waals surface area contributed by atoms with Crippen molar-refractivity contribution in [2.24, 2.45) is 5.73 Å². The molecular weight excluding hydrogens is 204 g/mol. The minimum Gasteiger partial charge on any atom is -0.466 e. The molecule has 0 aliphatic carbocycles. The quantitative estimate of drug-likeness (QED) is 0.445. The van der Waals surface area contributed by atoms with Crippen molar-refractivity contribution in [2.75, 3.05) is 25.1 Å². The molecule has 0 atom stereocenters. The van der Waals surface area contributed by atoms with Gasteiger partial charge in [0.15, 0.2) is 0 Å². The van der Waals surface area contributed by atoms with Crippen molar-refractivity contribution in [2.45, 2.75) is 13.3 Å². The highest BCUT2D eigenvalue weighted by Gasteiger charge is 2.01. The van der Waals surface area contributed by atoms with Crippen molar-refractivity contribution in [1.82, 2.24) is 4.98 Å². The van der Waals surface area contributed by atoms with Crippen LogP contribution in [0.1, 0.15) is 12.0 Å². The third kappa shape index (κ3) is 4.16. The van der Waals surface area contributed by atoms with E-state index in [0.717, 1.165) is 24.3 Å². The topological polar surface area (TPSA) is 75.2 Å². The van der Waals surface area contributed by atoms with Crippen LogP contribution >= 0.6 is 0 Å². The minimum atomic E-state index is -0.226. The number of nitrogens with one attached hydrogen (secondary N) is 1. The van der Waals surface area contributed by atoms with Crippen LogP contribution in [-0.2, 0) is 4.74 Å². The summed E-state index contributed by atoms with van der Waals surface area (Å²) >= 11 is 0. The number of nitrogens with zero attached hydrogens (tertiary/aromatic N) is 2. The Morgan fingerprint density at radius 3 is 2.88 bits per heavy atom. The molecule has 88 valence electrons. The molecule has 3 N–H and O–H groups in total. The van der Waals surface area contributed by atoms with Crippen LogP contribution in [0.5, 0.6) is 0 Å². The van der Waals surface area contributed by atoms with Gasteiger partial charge in [0.2, 0.25) is 0 Å². The number of aryl methyl sites for hydroxylation is 1. The first-order chi connectivity index (χ1) is 7.59. The smallest absolute Gasteiger partial charge is 0.278 e. The summed E-state index contributed by atoms with van der Waals surface area (Å²) in [6.07, 6.45) is 2.66. The molecule has 0 saturated carbocycles. The van der Waals surface area contributed by atoms with Crippen LogP contribution in [0.3, 0.4) is 0 Å². The molecule has 1 rings (SSSR count). The molecule has 0 aliphatic heterocycles. The molecule has 1 heterocycles. The molecule has 0 aromatic carbocycles. The van der Waals surface area contributed by atoms with Gasteiger partial charge in [-0.1, -0.05) is 6.07 Å². The van der Waals surface area contributed by atoms with Crippen LogP contribution in [0.4, 0.5) is 5.82 Å². The van der Waals surface area contributed by atoms with Crippen LogP contribution in [0.15, 0.2) is 18.3 Å². The van der Waals surface area contributed by atoms with Crippen molar-refractivity contribution >= 4 is 11.8 Å². The Balaban J connectivity index is 2.32. The fourth-order valence-electron chi connectivity index (χ4n) is 1.28. The highest BCUT2D eigenvalue weighted by molar-refractivity contribution is 5.67. The van der Waals surface area contributed by atoms with E-state index in [2.05, 4.69) is 4.98 Å². The van der Waals surface area contributed by atoms with Gasteiger partial charge in [-0.3, -0.25) is 5.41 Å². The monoisotopic (exact) mass is 222 g/mol. The van der Waals surface area contributed by atoms with Gasteiger partial charge in [-0.2, -0.15) is 0 Å². The summed E-state index contributed by atoms with van der Waals surface area (Å²) in [4.78, 5) is 6.35. The van der Waals surface area contributed by atoms with E-state index in [-0.39, 0.29) is 6.02 Å². The number of ether oxygens (including phenoxy) is 1. The molecule has 16 heavy (non-hydrogen) atoms. The van der Waals surface area contributed by atoms with Gasteiger partial charge in [-0.05, 0) is 25.0 Å². The number of rotatable bonds is 5. The average molecular weight is 222 g/mol. The highest BCUT2D eigenvalue weighted by Crippen LogP contribution is 2.08. The van der Waals surface area contributed by atoms with Gasteiger partial charge >= 0.3 is 0 Å². The van der Waals surface area contributed by atoms with E-state index in [4.69, 9.17) is 15.9 Å². The summed E-state index contributed by atoms with van der Waals surface area (Å²) in [5.41, 5.74) is 6.22. The second-order valence-electron chi connectivity index (χ2n) is 3.68. The maximum Gasteiger partial charge on any atom is 0.278 e. The van der Waals surface area contributed by atoms with Crippen LogP contribution in [0.2, 0.25) is 0 Å². The zero-order valence-corrected chi connectivity index (χ0v) is 9.73. The van der Waals surface area contributed by atoms with Gasteiger partial charge < -0.3 is 15.4 Å². The van der Waals surface area contributed by atoms with E-state index >= 15 is 0 Å². The Bertz CT molecular complexity index is 336. The van der Waals surface area contributed by atoms with Crippen molar-refractivity contribution in [3.05, 3.63) is 23.9 Å². The van der Waals surface area contributed by atoms with Gasteiger partial charge in [0.25, 0.3) is 6.02 Å². The van der Waals surface area contributed by atoms with Gasteiger partial charge in [-0.15, -0.1) is 0 Å². The molecule has 1 aromatic rings. The molecule has 1 aromatic heterocycles. The molecule has 0 spiro atoms. The molecule has 5 nitrogen and oxygen atoms in total. The zero-order valence-electron chi connectivity index (χ0n) is 9.73. The summed E-state index contributed by atoms with van der Waals surface area (Å²) in [6, 6.07) is 3.79. The molecule has 0 saturated heterocycles. The largest absolute Gasteiger partial charge is 0.466 e. The van der Waals surface area contributed by atoms with Crippen molar-refractivity contribution in [1.29, 1.82) is 5.41 Å². The summed E-state index contributed by atoms with van der Waals surface area (Å²) < 4.78 is 4.86. The van der Waals surface area contributed by atoms with Crippen molar-refractivity contribution < 1.29 is 4.74 Å². The molecule has 0 bridgehead atoms. The van der Waals surface area contributed by atoms with Crippen LogP contribution < -0.4 is 10.6 Å². The standard InChI is InChI=1S/C11H18N4O/c1-9-4-5-10(14-8-9)15(2)6-3-7-16-11(12)13/h4-5,8H,3,6-7H2,1-2H3,(H3,12,13). The van der Waals surface area contributed by atoms with Gasteiger partial charge in [0, 0.05) is 19.8 Å². The fraction of sp³-hybridized carbons (Fsp3) is 0.455. The Morgan fingerprint density at radius 1 is 1.56 bits per heavy atom. The van der Waals surface area contributed by atoms with Crippen LogP contribution in [-0.4, -0.2) is 31.2 Å². The van der Waals surface area contributed by atoms with Crippen LogP contribution in [0.25, 0.3) is 0 Å². The molecule has 0 amide bonds. The predicted octanol–water partition coefficient (Wildman–Crippen LogP) is 1.13. The SMILES string of the molecule is Cc1ccc(N(C)CCCOC(=N)N)nc1. The number of aromatic nitrogens is 1. The molecule has 5 heteroatoms. The number of hydrogen-bond acceptors (Lipinski definition) is 4. The first-order valence-corrected chi connectivity index (χ1v) is 5.20. The van der Waals surface area contributed by atoms with Gasteiger partial charge in [-0.25, -0.2) is 4.98 Å². The Labute approximate surface area is 95.7 Å². The van der Waals surface area contributed by atoms with Gasteiger partial charge in [0.1, 0.15) is 5.82 Å². The summed E-state index contributed by atoms with van der Waals surface area (Å²) in [6.45, 7) is 3.30. The lowest BCUT2D eigenvalue weighted by molar-refractivity contribution is 0.292. The van der Waals surface area contributed by atoms with E-state index in [1.54, 1.807) is 0 Å². The first-order valence-electron chi connectivity index (χ1n) is 5.20. The van der Waals surface area contributed by atoms with E-state index in [1.165, 1.54) is 0 Å². The second kappa shape index (κ2) is 5.95. The normalized spacial score (nSPS) is 9.88. The maximum atomic E-state index is 6.90. The Kier molecular flexibility index (Phi) is 4.57. The van der Waals surface area contributed by atoms with E-state index in [1.807, 2.05) is 37.2 Å². The average Bonchev–Trinajstić information content (AvgIpc) is 2.25. The fourth-order valence-corrected chi connectivity index (χ4v) is 1.28. The lowest BCUT2D eigenvalue weighted by Gasteiger charge is -2.17. The van der Waals surface area contributed by atoms with Crippen molar-refractivity contribution in [3.8, 4) is 0 Å². The first kappa shape index (κ1) is 12.3. The van der Waals surface area contributed by atoms with E-state index in [9.17, 15) is 0 Å². The molecule has 0 fully saturated rings. The molecular formula is C11H18N4O. The Morgan fingerprint density at radius 2 is 2.31 bits per heavy atom. The molecule has 0 unspecified atom stereocenters. The highest BCUT2D eigenvalue weighted by atomic mass is 16.5. The summed E-state index contributed by atoms with van der Waals surface area (Å²) in [5.74, 6) is 0.938. The molecule has 0 aliphatic rings. The van der Waals surface area contributed by atoms with Gasteiger partial charge in [0.05, 0.1) is 6.61 Å². The third-order valence-corrected chi connectivity index (χ3v) is 2.18.